The number of ether oxygens (including phenoxy) is 2. The van der Waals surface area contributed by atoms with Gasteiger partial charge in [0.25, 0.3) is 5.69 Å². The van der Waals surface area contributed by atoms with Gasteiger partial charge in [-0.05, 0) is 24.6 Å². The molecule has 11 nitrogen and oxygen atoms in total. The molecule has 2 rings (SSSR count). The molecule has 190 valence electrons. The van der Waals surface area contributed by atoms with Crippen LogP contribution < -0.4 is 0 Å². The third-order valence-corrected chi connectivity index (χ3v) is 5.47. The molecule has 0 fully saturated rings. The lowest BCUT2D eigenvalue weighted by Crippen LogP contribution is -2.45. The Bertz CT molecular complexity index is 1140. The van der Waals surface area contributed by atoms with Crippen LogP contribution in [0.15, 0.2) is 59.5 Å². The summed E-state index contributed by atoms with van der Waals surface area (Å²) >= 11 is 0. The van der Waals surface area contributed by atoms with Gasteiger partial charge in [-0.3, -0.25) is 14.9 Å². The summed E-state index contributed by atoms with van der Waals surface area (Å²) < 4.78 is 79.7. The number of nitro benzene ring substituents is 1. The lowest BCUT2D eigenvalue weighted by atomic mass is 10.1. The Labute approximate surface area is 197 Å². The molecule has 2 aromatic rings. The predicted octanol–water partition coefficient (Wildman–Crippen LogP) is 3.60. The zero-order valence-electron chi connectivity index (χ0n) is 18.0. The van der Waals surface area contributed by atoms with Gasteiger partial charge in [-0.25, -0.2) is 4.79 Å². The second-order valence-electron chi connectivity index (χ2n) is 6.73. The number of alkyl halides is 3. The summed E-state index contributed by atoms with van der Waals surface area (Å²) in [5, 5.41) is 10.5. The van der Waals surface area contributed by atoms with Crippen LogP contribution in [0, 0.1) is 16.0 Å². The first-order chi connectivity index (χ1) is 16.3. The number of benzene rings is 2. The zero-order valence-corrected chi connectivity index (χ0v) is 18.8. The highest BCUT2D eigenvalue weighted by molar-refractivity contribution is 7.86. The van der Waals surface area contributed by atoms with Crippen LogP contribution in [-0.4, -0.2) is 49.8 Å². The van der Waals surface area contributed by atoms with Crippen LogP contribution in [0.4, 0.5) is 23.7 Å². The van der Waals surface area contributed by atoms with Crippen molar-refractivity contribution in [1.82, 2.24) is 5.06 Å². The Morgan fingerprint density at radius 1 is 1.06 bits per heavy atom. The highest BCUT2D eigenvalue weighted by Gasteiger charge is 2.49. The van der Waals surface area contributed by atoms with E-state index in [0.29, 0.717) is 5.56 Å². The van der Waals surface area contributed by atoms with E-state index >= 15 is 0 Å². The molecule has 0 radical (unpaired) electrons. The van der Waals surface area contributed by atoms with Crippen LogP contribution in [0.2, 0.25) is 0 Å². The molecule has 0 bridgehead atoms. The number of carbonyl (C=O) groups is 2. The molecule has 35 heavy (non-hydrogen) atoms. The van der Waals surface area contributed by atoms with Crippen LogP contribution in [-0.2, 0) is 35.3 Å². The van der Waals surface area contributed by atoms with Gasteiger partial charge in [0.1, 0.15) is 6.61 Å². The van der Waals surface area contributed by atoms with E-state index in [2.05, 4.69) is 9.02 Å². The second-order valence-corrected chi connectivity index (χ2v) is 8.26. The number of hydroxylamine groups is 2. The number of hydrogen-bond acceptors (Lipinski definition) is 9. The first kappa shape index (κ1) is 27.5. The summed E-state index contributed by atoms with van der Waals surface area (Å²) in [5.41, 5.74) is -0.0782. The Balaban J connectivity index is 2.27. The topological polar surface area (TPSA) is 142 Å². The first-order valence-electron chi connectivity index (χ1n) is 9.75. The largest absolute Gasteiger partial charge is 0.460 e. The van der Waals surface area contributed by atoms with Crippen molar-refractivity contribution < 1.29 is 49.9 Å². The number of rotatable bonds is 10. The highest BCUT2D eigenvalue weighted by Crippen LogP contribution is 2.30. The number of nitro groups is 1. The van der Waals surface area contributed by atoms with Gasteiger partial charge in [0.2, 0.25) is 0 Å². The number of halogens is 3. The summed E-state index contributed by atoms with van der Waals surface area (Å²) in [7, 11) is -4.95. The number of non-ortho nitro benzene ring substituents is 1. The van der Waals surface area contributed by atoms with Gasteiger partial charge >= 0.3 is 28.4 Å². The van der Waals surface area contributed by atoms with Gasteiger partial charge in [0.15, 0.2) is 5.92 Å². The van der Waals surface area contributed by atoms with E-state index in [0.717, 1.165) is 24.3 Å². The van der Waals surface area contributed by atoms with Crippen LogP contribution >= 0.6 is 0 Å². The van der Waals surface area contributed by atoms with Gasteiger partial charge in [-0.1, -0.05) is 30.3 Å². The van der Waals surface area contributed by atoms with Crippen molar-refractivity contribution in [2.45, 2.75) is 24.6 Å². The third kappa shape index (κ3) is 7.92. The van der Waals surface area contributed by atoms with Gasteiger partial charge in [0.05, 0.1) is 23.0 Å². The molecular weight excluding hydrogens is 501 g/mol. The summed E-state index contributed by atoms with van der Waals surface area (Å²) in [6.07, 6.45) is -6.87. The van der Waals surface area contributed by atoms with E-state index < -0.39 is 62.9 Å². The highest BCUT2D eigenvalue weighted by atomic mass is 32.2. The number of carbonyl (C=O) groups excluding carboxylic acids is 2. The molecule has 1 atom stereocenters. The Kier molecular flexibility index (Phi) is 9.13. The fourth-order valence-electron chi connectivity index (χ4n) is 2.53. The lowest BCUT2D eigenvalue weighted by molar-refractivity contribution is -0.384. The summed E-state index contributed by atoms with van der Waals surface area (Å²) in [4.78, 5) is 33.6. The van der Waals surface area contributed by atoms with Crippen molar-refractivity contribution in [2.24, 2.45) is 5.92 Å². The summed E-state index contributed by atoms with van der Waals surface area (Å²) in [6.45, 7) is -1.17. The van der Waals surface area contributed by atoms with Gasteiger partial charge in [0, 0.05) is 12.1 Å². The molecule has 1 unspecified atom stereocenters. The minimum absolute atomic E-state index is 0.276. The smallest absolute Gasteiger partial charge is 0.435 e. The Morgan fingerprint density at radius 2 is 1.66 bits per heavy atom. The van der Waals surface area contributed by atoms with E-state index in [1.807, 2.05) is 0 Å². The lowest BCUT2D eigenvalue weighted by Gasteiger charge is -2.25. The average Bonchev–Trinajstić information content (AvgIpc) is 2.80. The summed E-state index contributed by atoms with van der Waals surface area (Å²) in [5.74, 6) is -4.77. The maximum absolute atomic E-state index is 13.6. The Morgan fingerprint density at radius 3 is 2.17 bits per heavy atom. The Hall–Kier alpha value is -3.72. The molecule has 2 aromatic carbocycles. The molecule has 0 spiro atoms. The first-order valence-corrected chi connectivity index (χ1v) is 11.2. The van der Waals surface area contributed by atoms with E-state index in [4.69, 9.17) is 4.74 Å². The molecule has 15 heteroatoms. The number of hydrogen-bond donors (Lipinski definition) is 0. The molecular formula is C20H19F3N2O9S. The standard InChI is InChI=1S/C20H19F3N2O9S/c1-2-32-19(27)24(34-35(30,31)16-10-8-15(9-11-16)25(28)29)12-17(20(21,22)23)18(26)33-13-14-6-4-3-5-7-14/h3-11,17H,2,12-13H2,1H3. The van der Waals surface area contributed by atoms with Gasteiger partial charge in [-0.2, -0.15) is 26.7 Å². The number of amides is 1. The summed E-state index contributed by atoms with van der Waals surface area (Å²) in [6, 6.07) is 10.9. The third-order valence-electron chi connectivity index (χ3n) is 4.25. The van der Waals surface area contributed by atoms with E-state index in [9.17, 15) is 41.3 Å². The molecule has 0 N–H and O–H groups in total. The van der Waals surface area contributed by atoms with Crippen molar-refractivity contribution in [3.63, 3.8) is 0 Å². The van der Waals surface area contributed by atoms with Crippen molar-refractivity contribution in [3.05, 3.63) is 70.3 Å². The molecule has 0 aliphatic carbocycles. The minimum Gasteiger partial charge on any atom is -0.460 e. The normalized spacial score (nSPS) is 12.5. The van der Waals surface area contributed by atoms with Crippen LogP contribution in [0.1, 0.15) is 12.5 Å². The maximum atomic E-state index is 13.6. The van der Waals surface area contributed by atoms with Crippen LogP contribution in [0.3, 0.4) is 0 Å². The van der Waals surface area contributed by atoms with Crippen molar-refractivity contribution >= 4 is 27.9 Å². The molecule has 0 heterocycles. The average molecular weight is 520 g/mol. The van der Waals surface area contributed by atoms with Gasteiger partial charge in [-0.15, -0.1) is 4.28 Å². The molecule has 0 saturated heterocycles. The van der Waals surface area contributed by atoms with E-state index in [-0.39, 0.29) is 11.7 Å². The minimum atomic E-state index is -5.25. The number of nitrogens with zero attached hydrogens (tertiary/aromatic N) is 2. The van der Waals surface area contributed by atoms with Crippen LogP contribution in [0.25, 0.3) is 0 Å². The number of esters is 1. The zero-order chi connectivity index (χ0) is 26.2. The van der Waals surface area contributed by atoms with Crippen molar-refractivity contribution in [3.8, 4) is 0 Å². The van der Waals surface area contributed by atoms with E-state index in [1.54, 1.807) is 18.2 Å². The van der Waals surface area contributed by atoms with Crippen molar-refractivity contribution in [2.75, 3.05) is 13.2 Å². The fourth-order valence-corrected chi connectivity index (χ4v) is 3.45. The maximum Gasteiger partial charge on any atom is 0.435 e. The predicted molar refractivity (Wildman–Crippen MR) is 111 cm³/mol. The quantitative estimate of drug-likeness (QED) is 0.261. The monoisotopic (exact) mass is 520 g/mol. The van der Waals surface area contributed by atoms with Crippen LogP contribution in [0.5, 0.6) is 0 Å². The van der Waals surface area contributed by atoms with E-state index in [1.165, 1.54) is 19.1 Å². The second kappa shape index (κ2) is 11.6. The van der Waals surface area contributed by atoms with Gasteiger partial charge < -0.3 is 9.47 Å². The molecule has 0 aliphatic rings. The fraction of sp³-hybridized carbons (Fsp3) is 0.300. The molecule has 1 amide bonds. The molecule has 0 saturated carbocycles. The van der Waals surface area contributed by atoms with Crippen molar-refractivity contribution in [1.29, 1.82) is 0 Å². The molecule has 0 aliphatic heterocycles. The SMILES string of the molecule is CCOC(=O)N(CC(C(=O)OCc1ccccc1)C(F)(F)F)OS(=O)(=O)c1ccc([N+](=O)[O-])cc1. The molecule has 0 aromatic heterocycles.